The van der Waals surface area contributed by atoms with Crippen LogP contribution >= 0.6 is 0 Å². The fourth-order valence-electron chi connectivity index (χ4n) is 3.29. The fourth-order valence-corrected chi connectivity index (χ4v) is 4.39. The maximum atomic E-state index is 12.7. The second-order valence-electron chi connectivity index (χ2n) is 8.40. The van der Waals surface area contributed by atoms with E-state index in [1.54, 1.807) is 48.5 Å². The molecule has 3 aromatic carbocycles. The molecule has 0 aliphatic rings. The van der Waals surface area contributed by atoms with E-state index in [9.17, 15) is 18.0 Å². The smallest absolute Gasteiger partial charge is 0.262 e. The molecule has 0 fully saturated rings. The van der Waals surface area contributed by atoms with Gasteiger partial charge in [-0.05, 0) is 73.2 Å². The summed E-state index contributed by atoms with van der Waals surface area (Å²) in [7, 11) is -3.87. The first-order chi connectivity index (χ1) is 19.2. The number of nitrogens with zero attached hydrogens (tertiary/aromatic N) is 2. The Bertz CT molecular complexity index is 1530. The van der Waals surface area contributed by atoms with E-state index in [0.717, 1.165) is 6.42 Å². The van der Waals surface area contributed by atoms with Crippen molar-refractivity contribution < 1.29 is 27.5 Å². The molecule has 0 unspecified atom stereocenters. The number of carbonyl (C=O) groups is 2. The summed E-state index contributed by atoms with van der Waals surface area (Å²) in [5.41, 5.74) is 1.07. The monoisotopic (exact) mass is 561 g/mol. The number of hydrogen-bond donors (Lipinski definition) is 3. The average molecular weight is 562 g/mol. The molecule has 3 N–H and O–H groups in total. The molecule has 0 aromatic heterocycles. The van der Waals surface area contributed by atoms with Crippen LogP contribution < -0.4 is 24.8 Å². The zero-order valence-electron chi connectivity index (χ0n) is 21.6. The van der Waals surface area contributed by atoms with Crippen LogP contribution in [0.1, 0.15) is 30.9 Å². The number of carbonyl (C=O) groups excluding carboxylic acids is 2. The standard InChI is InChI=1S/C28H27N5O6S/c1-2-3-14-31-40(36,37)24-12-13-25(32-27(34)18-38-22-8-4-20(16-29)5-9-22)26(15-24)33-28(35)19-39-23-10-6-21(17-30)7-11-23/h4-13,15,31H,2-3,14,18-19H2,1H3,(H,32,34)(H,33,35). The Morgan fingerprint density at radius 2 is 1.27 bits per heavy atom. The fraction of sp³-hybridized carbons (Fsp3) is 0.214. The van der Waals surface area contributed by atoms with Gasteiger partial charge in [-0.2, -0.15) is 10.5 Å². The lowest BCUT2D eigenvalue weighted by Gasteiger charge is -2.15. The van der Waals surface area contributed by atoms with Gasteiger partial charge in [-0.3, -0.25) is 9.59 Å². The number of benzene rings is 3. The van der Waals surface area contributed by atoms with Crippen LogP contribution in [0.2, 0.25) is 0 Å². The lowest BCUT2D eigenvalue weighted by molar-refractivity contribution is -0.119. The molecule has 0 spiro atoms. The predicted molar refractivity (Wildman–Crippen MR) is 147 cm³/mol. The van der Waals surface area contributed by atoms with Crippen molar-refractivity contribution in [3.63, 3.8) is 0 Å². The van der Waals surface area contributed by atoms with Crippen molar-refractivity contribution in [1.82, 2.24) is 4.72 Å². The van der Waals surface area contributed by atoms with Crippen LogP contribution in [0.3, 0.4) is 0 Å². The molecule has 3 aromatic rings. The van der Waals surface area contributed by atoms with Crippen molar-refractivity contribution in [1.29, 1.82) is 10.5 Å². The van der Waals surface area contributed by atoms with Crippen LogP contribution in [0, 0.1) is 22.7 Å². The maximum absolute atomic E-state index is 12.7. The minimum Gasteiger partial charge on any atom is -0.484 e. The second kappa shape index (κ2) is 14.3. The molecule has 0 saturated heterocycles. The molecule has 0 atom stereocenters. The highest BCUT2D eigenvalue weighted by Gasteiger charge is 2.18. The number of nitrogens with one attached hydrogen (secondary N) is 3. The summed E-state index contributed by atoms with van der Waals surface area (Å²) < 4.78 is 38.9. The maximum Gasteiger partial charge on any atom is 0.262 e. The highest BCUT2D eigenvalue weighted by atomic mass is 32.2. The molecular weight excluding hydrogens is 534 g/mol. The third-order valence-corrected chi connectivity index (χ3v) is 6.84. The minimum atomic E-state index is -3.87. The van der Waals surface area contributed by atoms with Crippen molar-refractivity contribution in [2.45, 2.75) is 24.7 Å². The molecule has 0 aliphatic heterocycles. The molecule has 3 rings (SSSR count). The van der Waals surface area contributed by atoms with Gasteiger partial charge in [0.15, 0.2) is 13.2 Å². The van der Waals surface area contributed by atoms with E-state index in [1.165, 1.54) is 18.2 Å². The topological polar surface area (TPSA) is 170 Å². The number of unbranched alkanes of at least 4 members (excludes halogenated alkanes) is 1. The quantitative estimate of drug-likeness (QED) is 0.266. The van der Waals surface area contributed by atoms with Crippen molar-refractivity contribution in [2.75, 3.05) is 30.4 Å². The van der Waals surface area contributed by atoms with E-state index >= 15 is 0 Å². The zero-order chi connectivity index (χ0) is 29.0. The van der Waals surface area contributed by atoms with Gasteiger partial charge in [-0.1, -0.05) is 13.3 Å². The Morgan fingerprint density at radius 1 is 0.775 bits per heavy atom. The predicted octanol–water partition coefficient (Wildman–Crippen LogP) is 3.54. The lowest BCUT2D eigenvalue weighted by atomic mass is 10.2. The largest absolute Gasteiger partial charge is 0.484 e. The van der Waals surface area contributed by atoms with Crippen molar-refractivity contribution >= 4 is 33.2 Å². The van der Waals surface area contributed by atoms with Gasteiger partial charge in [0.05, 0.1) is 39.5 Å². The minimum absolute atomic E-state index is 0.0403. The third-order valence-electron chi connectivity index (χ3n) is 5.38. The number of rotatable bonds is 13. The molecule has 206 valence electrons. The molecule has 0 heterocycles. The Labute approximate surface area is 232 Å². The number of hydrogen-bond acceptors (Lipinski definition) is 8. The molecule has 0 bridgehead atoms. The summed E-state index contributed by atoms with van der Waals surface area (Å²) in [6.07, 6.45) is 1.46. The summed E-state index contributed by atoms with van der Waals surface area (Å²) >= 11 is 0. The van der Waals surface area contributed by atoms with E-state index in [2.05, 4.69) is 15.4 Å². The molecule has 12 heteroatoms. The van der Waals surface area contributed by atoms with Crippen LogP contribution in [0.25, 0.3) is 0 Å². The number of sulfonamides is 1. The highest BCUT2D eigenvalue weighted by molar-refractivity contribution is 7.89. The molecular formula is C28H27N5O6S. The van der Waals surface area contributed by atoms with E-state index in [4.69, 9.17) is 20.0 Å². The van der Waals surface area contributed by atoms with Crippen molar-refractivity contribution in [3.05, 3.63) is 77.9 Å². The average Bonchev–Trinajstić information content (AvgIpc) is 2.96. The molecule has 0 saturated carbocycles. The number of ether oxygens (including phenoxy) is 2. The molecule has 2 amide bonds. The first-order valence-electron chi connectivity index (χ1n) is 12.2. The number of anilines is 2. The summed E-state index contributed by atoms with van der Waals surface area (Å²) in [5.74, 6) is -0.436. The molecule has 0 radical (unpaired) electrons. The Hall–Kier alpha value is -4.91. The third kappa shape index (κ3) is 8.84. The SMILES string of the molecule is CCCCNS(=O)(=O)c1ccc(NC(=O)COc2ccc(C#N)cc2)c(NC(=O)COc2ccc(C#N)cc2)c1. The molecule has 40 heavy (non-hydrogen) atoms. The van der Waals surface area contributed by atoms with Gasteiger partial charge >= 0.3 is 0 Å². The van der Waals surface area contributed by atoms with Gasteiger partial charge in [-0.25, -0.2) is 13.1 Å². The van der Waals surface area contributed by atoms with Gasteiger partial charge in [-0.15, -0.1) is 0 Å². The van der Waals surface area contributed by atoms with Gasteiger partial charge in [0, 0.05) is 6.54 Å². The normalized spacial score (nSPS) is 10.6. The van der Waals surface area contributed by atoms with E-state index in [1.807, 2.05) is 19.1 Å². The highest BCUT2D eigenvalue weighted by Crippen LogP contribution is 2.26. The van der Waals surface area contributed by atoms with Crippen LogP contribution in [0.5, 0.6) is 11.5 Å². The summed E-state index contributed by atoms with van der Waals surface area (Å²) in [6, 6.07) is 20.3. The first kappa shape index (κ1) is 29.6. The Kier molecular flexibility index (Phi) is 10.6. The van der Waals surface area contributed by atoms with E-state index in [0.29, 0.717) is 29.0 Å². The van der Waals surface area contributed by atoms with Gasteiger partial charge in [0.25, 0.3) is 11.8 Å². The van der Waals surface area contributed by atoms with Crippen LogP contribution in [0.4, 0.5) is 11.4 Å². The first-order valence-corrected chi connectivity index (χ1v) is 13.7. The number of nitriles is 2. The summed E-state index contributed by atoms with van der Waals surface area (Å²) in [5, 5.41) is 23.0. The second-order valence-corrected chi connectivity index (χ2v) is 10.2. The summed E-state index contributed by atoms with van der Waals surface area (Å²) in [4.78, 5) is 25.2. The van der Waals surface area contributed by atoms with Gasteiger partial charge < -0.3 is 20.1 Å². The molecule has 0 aliphatic carbocycles. The van der Waals surface area contributed by atoms with Crippen molar-refractivity contribution in [2.24, 2.45) is 0 Å². The van der Waals surface area contributed by atoms with Crippen LogP contribution in [-0.2, 0) is 19.6 Å². The zero-order valence-corrected chi connectivity index (χ0v) is 22.5. The lowest BCUT2D eigenvalue weighted by Crippen LogP contribution is -2.26. The number of amides is 2. The Balaban J connectivity index is 1.73. The van der Waals surface area contributed by atoms with Crippen molar-refractivity contribution in [3.8, 4) is 23.6 Å². The summed E-state index contributed by atoms with van der Waals surface area (Å²) in [6.45, 7) is 1.40. The Morgan fingerprint density at radius 3 is 1.75 bits per heavy atom. The van der Waals surface area contributed by atoms with E-state index in [-0.39, 0.29) is 29.4 Å². The van der Waals surface area contributed by atoms with Gasteiger partial charge in [0.2, 0.25) is 10.0 Å². The van der Waals surface area contributed by atoms with Crippen LogP contribution in [0.15, 0.2) is 71.6 Å². The van der Waals surface area contributed by atoms with Crippen LogP contribution in [-0.4, -0.2) is 40.0 Å². The van der Waals surface area contributed by atoms with Gasteiger partial charge in [0.1, 0.15) is 11.5 Å². The molecule has 11 nitrogen and oxygen atoms in total. The van der Waals surface area contributed by atoms with E-state index < -0.39 is 28.4 Å².